The van der Waals surface area contributed by atoms with Gasteiger partial charge in [0.25, 0.3) is 0 Å². The van der Waals surface area contributed by atoms with Crippen molar-refractivity contribution < 1.29 is 31.1 Å². The summed E-state index contributed by atoms with van der Waals surface area (Å²) in [5, 5.41) is 2.95. The molecule has 136 valence electrons. The van der Waals surface area contributed by atoms with Crippen molar-refractivity contribution >= 4 is 0 Å². The zero-order valence-corrected chi connectivity index (χ0v) is 13.2. The first kappa shape index (κ1) is 19.1. The number of hydrogen-bond donors (Lipinski definition) is 1. The molecule has 0 unspecified atom stereocenters. The second-order valence-corrected chi connectivity index (χ2v) is 5.39. The van der Waals surface area contributed by atoms with E-state index in [0.717, 1.165) is 13.0 Å². The maximum atomic E-state index is 13.8. The van der Waals surface area contributed by atoms with Crippen LogP contribution in [0.4, 0.5) is 26.3 Å². The summed E-state index contributed by atoms with van der Waals surface area (Å²) in [5.74, 6) is -3.41. The number of rotatable bonds is 6. The van der Waals surface area contributed by atoms with Crippen LogP contribution >= 0.6 is 0 Å². The summed E-state index contributed by atoms with van der Waals surface area (Å²) in [7, 11) is 0. The Morgan fingerprint density at radius 1 is 1.00 bits per heavy atom. The van der Waals surface area contributed by atoms with Crippen molar-refractivity contribution in [3.8, 4) is 5.75 Å². The van der Waals surface area contributed by atoms with Gasteiger partial charge in [0.2, 0.25) is 0 Å². The highest BCUT2D eigenvalue weighted by Crippen LogP contribution is 2.23. The molecule has 0 aliphatic rings. The Labute approximate surface area is 140 Å². The summed E-state index contributed by atoms with van der Waals surface area (Å²) in [4.78, 5) is 0. The van der Waals surface area contributed by atoms with E-state index in [9.17, 15) is 26.3 Å². The summed E-state index contributed by atoms with van der Waals surface area (Å²) in [5.41, 5.74) is 0.379. The fraction of sp³-hybridized carbons (Fsp3) is 0.294. The molecule has 0 spiro atoms. The van der Waals surface area contributed by atoms with Crippen molar-refractivity contribution in [3.05, 3.63) is 64.5 Å². The van der Waals surface area contributed by atoms with Crippen LogP contribution in [0.2, 0.25) is 0 Å². The zero-order valence-electron chi connectivity index (χ0n) is 13.2. The van der Waals surface area contributed by atoms with Crippen LogP contribution < -0.4 is 10.1 Å². The first-order valence-corrected chi connectivity index (χ1v) is 7.36. The van der Waals surface area contributed by atoms with Gasteiger partial charge in [-0.15, -0.1) is 13.2 Å². The molecule has 0 saturated carbocycles. The highest BCUT2D eigenvalue weighted by Gasteiger charge is 2.30. The fourth-order valence-electron chi connectivity index (χ4n) is 2.24. The van der Waals surface area contributed by atoms with Gasteiger partial charge in [-0.3, -0.25) is 0 Å². The number of benzene rings is 2. The van der Waals surface area contributed by atoms with E-state index in [0.29, 0.717) is 12.1 Å². The Morgan fingerprint density at radius 2 is 1.64 bits per heavy atom. The van der Waals surface area contributed by atoms with Gasteiger partial charge in [-0.25, -0.2) is 13.2 Å². The van der Waals surface area contributed by atoms with Gasteiger partial charge < -0.3 is 10.1 Å². The average Bonchev–Trinajstić information content (AvgIpc) is 2.54. The first-order chi connectivity index (χ1) is 11.7. The quantitative estimate of drug-likeness (QED) is 0.459. The lowest BCUT2D eigenvalue weighted by Gasteiger charge is -2.10. The molecule has 2 rings (SSSR count). The van der Waals surface area contributed by atoms with E-state index in [1.807, 2.05) is 0 Å². The molecule has 0 aliphatic carbocycles. The monoisotopic (exact) mass is 363 g/mol. The predicted molar refractivity (Wildman–Crippen MR) is 79.6 cm³/mol. The van der Waals surface area contributed by atoms with Crippen molar-refractivity contribution in [2.45, 2.75) is 26.3 Å². The van der Waals surface area contributed by atoms with Crippen LogP contribution in [-0.2, 0) is 13.0 Å². The van der Waals surface area contributed by atoms with Crippen LogP contribution in [0.5, 0.6) is 5.75 Å². The lowest BCUT2D eigenvalue weighted by atomic mass is 10.1. The Kier molecular flexibility index (Phi) is 5.94. The summed E-state index contributed by atoms with van der Waals surface area (Å²) in [6.45, 7) is 1.76. The molecule has 0 saturated heterocycles. The number of nitrogens with one attached hydrogen (secondary N) is 1. The van der Waals surface area contributed by atoms with E-state index in [-0.39, 0.29) is 29.8 Å². The average molecular weight is 363 g/mol. The van der Waals surface area contributed by atoms with Gasteiger partial charge in [-0.2, -0.15) is 0 Å². The summed E-state index contributed by atoms with van der Waals surface area (Å²) in [6.07, 6.45) is -4.61. The highest BCUT2D eigenvalue weighted by atomic mass is 19.4. The van der Waals surface area contributed by atoms with Crippen LogP contribution in [0.25, 0.3) is 0 Å². The minimum absolute atomic E-state index is 0.0535. The molecule has 0 bridgehead atoms. The third kappa shape index (κ3) is 5.38. The van der Waals surface area contributed by atoms with Gasteiger partial charge in [0.15, 0.2) is 11.6 Å². The topological polar surface area (TPSA) is 21.3 Å². The van der Waals surface area contributed by atoms with E-state index in [4.69, 9.17) is 0 Å². The number of alkyl halides is 3. The van der Waals surface area contributed by atoms with Gasteiger partial charge in [-0.1, -0.05) is 12.1 Å². The van der Waals surface area contributed by atoms with Crippen molar-refractivity contribution in [1.29, 1.82) is 0 Å². The summed E-state index contributed by atoms with van der Waals surface area (Å²) in [6, 6.07) is 6.10. The molecule has 0 radical (unpaired) electrons. The molecule has 8 heteroatoms. The van der Waals surface area contributed by atoms with Crippen LogP contribution in [0.1, 0.15) is 16.7 Å². The summed E-state index contributed by atoms with van der Waals surface area (Å²) >= 11 is 0. The molecular weight excluding hydrogens is 348 g/mol. The first-order valence-electron chi connectivity index (χ1n) is 7.36. The maximum Gasteiger partial charge on any atom is 0.573 e. The van der Waals surface area contributed by atoms with Gasteiger partial charge in [0.1, 0.15) is 11.6 Å². The van der Waals surface area contributed by atoms with Crippen molar-refractivity contribution in [2.24, 2.45) is 0 Å². The van der Waals surface area contributed by atoms with Crippen LogP contribution in [0, 0.1) is 24.4 Å². The molecule has 0 aromatic heterocycles. The smallest absolute Gasteiger partial charge is 0.406 e. The van der Waals surface area contributed by atoms with Gasteiger partial charge >= 0.3 is 6.36 Å². The largest absolute Gasteiger partial charge is 0.573 e. The van der Waals surface area contributed by atoms with E-state index in [1.54, 1.807) is 0 Å². The van der Waals surface area contributed by atoms with Crippen LogP contribution in [0.15, 0.2) is 30.3 Å². The van der Waals surface area contributed by atoms with E-state index in [2.05, 4.69) is 10.1 Å². The molecule has 0 heterocycles. The minimum atomic E-state index is -4.74. The second kappa shape index (κ2) is 7.77. The standard InChI is InChI=1S/C17H15F6NO/c1-10-15(19)12(8-14(18)16(10)20)6-7-24-9-11-2-4-13(5-3-11)25-17(21,22)23/h2-5,8,24H,6-7,9H2,1H3. The van der Waals surface area contributed by atoms with Gasteiger partial charge in [0, 0.05) is 12.1 Å². The van der Waals surface area contributed by atoms with Crippen molar-refractivity contribution in [1.82, 2.24) is 5.32 Å². The highest BCUT2D eigenvalue weighted by molar-refractivity contribution is 5.29. The molecule has 0 atom stereocenters. The molecule has 2 nitrogen and oxygen atoms in total. The van der Waals surface area contributed by atoms with Crippen molar-refractivity contribution in [2.75, 3.05) is 6.54 Å². The number of ether oxygens (including phenoxy) is 1. The molecular formula is C17H15F6NO. The third-order valence-electron chi connectivity index (χ3n) is 3.51. The molecule has 2 aromatic carbocycles. The zero-order chi connectivity index (χ0) is 18.6. The SMILES string of the molecule is Cc1c(F)c(F)cc(CCNCc2ccc(OC(F)(F)F)cc2)c1F. The number of hydrogen-bond acceptors (Lipinski definition) is 2. The lowest BCUT2D eigenvalue weighted by molar-refractivity contribution is -0.274. The predicted octanol–water partition coefficient (Wildman–Crippen LogP) is 4.64. The van der Waals surface area contributed by atoms with E-state index >= 15 is 0 Å². The molecule has 0 amide bonds. The van der Waals surface area contributed by atoms with Gasteiger partial charge in [0.05, 0.1) is 0 Å². The fourth-order valence-corrected chi connectivity index (χ4v) is 2.24. The Morgan fingerprint density at radius 3 is 2.24 bits per heavy atom. The van der Waals surface area contributed by atoms with E-state index < -0.39 is 23.8 Å². The molecule has 25 heavy (non-hydrogen) atoms. The maximum absolute atomic E-state index is 13.8. The van der Waals surface area contributed by atoms with Crippen molar-refractivity contribution in [3.63, 3.8) is 0 Å². The molecule has 1 N–H and O–H groups in total. The molecule has 0 fully saturated rings. The third-order valence-corrected chi connectivity index (χ3v) is 3.51. The van der Waals surface area contributed by atoms with Crippen LogP contribution in [0.3, 0.4) is 0 Å². The Balaban J connectivity index is 1.86. The minimum Gasteiger partial charge on any atom is -0.406 e. The summed E-state index contributed by atoms with van der Waals surface area (Å²) < 4.78 is 80.2. The normalized spacial score (nSPS) is 11.6. The van der Waals surface area contributed by atoms with E-state index in [1.165, 1.54) is 24.3 Å². The van der Waals surface area contributed by atoms with Crippen LogP contribution in [-0.4, -0.2) is 12.9 Å². The second-order valence-electron chi connectivity index (χ2n) is 5.39. The molecule has 2 aromatic rings. The van der Waals surface area contributed by atoms with Gasteiger partial charge in [-0.05, 0) is 49.2 Å². The number of halogens is 6. The lowest BCUT2D eigenvalue weighted by Crippen LogP contribution is -2.18. The Bertz CT molecular complexity index is 727. The Hall–Kier alpha value is -2.22. The molecule has 0 aliphatic heterocycles.